The van der Waals surface area contributed by atoms with Gasteiger partial charge in [0.1, 0.15) is 11.4 Å². The summed E-state index contributed by atoms with van der Waals surface area (Å²) in [5, 5.41) is 9.10. The highest BCUT2D eigenvalue weighted by molar-refractivity contribution is 5.30. The van der Waals surface area contributed by atoms with Gasteiger partial charge >= 0.3 is 0 Å². The van der Waals surface area contributed by atoms with E-state index in [9.17, 15) is 0 Å². The van der Waals surface area contributed by atoms with E-state index in [0.717, 1.165) is 5.69 Å². The molecule has 0 fully saturated rings. The Hall–Kier alpha value is -1.09. The third kappa shape index (κ3) is 2.23. The second-order valence-corrected chi connectivity index (χ2v) is 4.25. The van der Waals surface area contributed by atoms with Crippen LogP contribution in [0.25, 0.3) is 0 Å². The van der Waals surface area contributed by atoms with E-state index in [2.05, 4.69) is 25.8 Å². The van der Waals surface area contributed by atoms with E-state index < -0.39 is 0 Å². The highest BCUT2D eigenvalue weighted by Crippen LogP contribution is 2.24. The van der Waals surface area contributed by atoms with Gasteiger partial charge in [-0.05, 0) is 12.1 Å². The van der Waals surface area contributed by atoms with Crippen LogP contribution in [0.4, 0.5) is 0 Å². The molecule has 1 aromatic heterocycles. The van der Waals surface area contributed by atoms with Crippen molar-refractivity contribution in [3.05, 3.63) is 23.5 Å². The van der Waals surface area contributed by atoms with Gasteiger partial charge in [0.05, 0.1) is 13.7 Å². The maximum atomic E-state index is 9.10. The Balaban J connectivity index is 3.14. The van der Waals surface area contributed by atoms with Gasteiger partial charge in [-0.25, -0.2) is 0 Å². The number of nitrogens with zero attached hydrogens (tertiary/aromatic N) is 1. The zero-order chi connectivity index (χ0) is 10.8. The molecule has 0 amide bonds. The lowest BCUT2D eigenvalue weighted by Gasteiger charge is -2.19. The van der Waals surface area contributed by atoms with Crippen LogP contribution < -0.4 is 4.74 Å². The lowest BCUT2D eigenvalue weighted by molar-refractivity contribution is 0.267. The van der Waals surface area contributed by atoms with Gasteiger partial charge in [0.15, 0.2) is 0 Å². The molecule has 1 rings (SSSR count). The molecule has 0 aliphatic carbocycles. The van der Waals surface area contributed by atoms with Crippen molar-refractivity contribution in [1.29, 1.82) is 0 Å². The Morgan fingerprint density at radius 1 is 1.36 bits per heavy atom. The molecular weight excluding hydrogens is 178 g/mol. The lowest BCUT2D eigenvalue weighted by Crippen LogP contribution is -2.14. The molecule has 3 heteroatoms. The average molecular weight is 195 g/mol. The Morgan fingerprint density at radius 3 is 2.43 bits per heavy atom. The number of aliphatic hydroxyl groups is 1. The minimum atomic E-state index is -0.0902. The second kappa shape index (κ2) is 3.96. The molecule has 0 aliphatic rings. The first kappa shape index (κ1) is 11.0. The van der Waals surface area contributed by atoms with Crippen molar-refractivity contribution in [2.24, 2.45) is 0 Å². The molecule has 0 saturated heterocycles. The lowest BCUT2D eigenvalue weighted by atomic mass is 9.91. The van der Waals surface area contributed by atoms with Gasteiger partial charge in [0.25, 0.3) is 0 Å². The molecule has 0 aliphatic heterocycles. The van der Waals surface area contributed by atoms with Gasteiger partial charge in [-0.1, -0.05) is 20.8 Å². The topological polar surface area (TPSA) is 42.4 Å². The van der Waals surface area contributed by atoms with Crippen LogP contribution in [0.1, 0.15) is 32.2 Å². The Kier molecular flexibility index (Phi) is 3.11. The molecule has 1 N–H and O–H groups in total. The summed E-state index contributed by atoms with van der Waals surface area (Å²) in [7, 11) is 1.58. The van der Waals surface area contributed by atoms with Crippen molar-refractivity contribution in [2.75, 3.05) is 7.11 Å². The first-order valence-corrected chi connectivity index (χ1v) is 4.64. The van der Waals surface area contributed by atoms with Crippen LogP contribution in [0.5, 0.6) is 5.75 Å². The van der Waals surface area contributed by atoms with Crippen molar-refractivity contribution < 1.29 is 9.84 Å². The van der Waals surface area contributed by atoms with E-state index in [4.69, 9.17) is 9.84 Å². The fraction of sp³-hybridized carbons (Fsp3) is 0.545. The van der Waals surface area contributed by atoms with Crippen molar-refractivity contribution >= 4 is 0 Å². The highest BCUT2D eigenvalue weighted by Gasteiger charge is 2.17. The molecule has 78 valence electrons. The van der Waals surface area contributed by atoms with Gasteiger partial charge in [-0.15, -0.1) is 0 Å². The summed E-state index contributed by atoms with van der Waals surface area (Å²) < 4.78 is 5.08. The molecule has 0 bridgehead atoms. The van der Waals surface area contributed by atoms with Crippen LogP contribution in [-0.4, -0.2) is 17.2 Å². The average Bonchev–Trinajstić information content (AvgIpc) is 2.15. The molecule has 14 heavy (non-hydrogen) atoms. The molecule has 0 saturated carbocycles. The molecule has 0 unspecified atom stereocenters. The molecule has 3 nitrogen and oxygen atoms in total. The predicted octanol–water partition coefficient (Wildman–Crippen LogP) is 1.88. The fourth-order valence-electron chi connectivity index (χ4n) is 1.21. The number of pyridine rings is 1. The third-order valence-electron chi connectivity index (χ3n) is 2.07. The SMILES string of the molecule is COc1ccc(C(C)(C)C)nc1CO. The first-order chi connectivity index (χ1) is 6.49. The maximum Gasteiger partial charge on any atom is 0.142 e. The van der Waals surface area contributed by atoms with Gasteiger partial charge in [-0.2, -0.15) is 0 Å². The molecule has 0 aromatic carbocycles. The van der Waals surface area contributed by atoms with Gasteiger partial charge < -0.3 is 9.84 Å². The maximum absolute atomic E-state index is 9.10. The summed E-state index contributed by atoms with van der Waals surface area (Å²) in [6, 6.07) is 3.77. The molecule has 0 atom stereocenters. The van der Waals surface area contributed by atoms with E-state index in [1.807, 2.05) is 12.1 Å². The summed E-state index contributed by atoms with van der Waals surface area (Å²) in [5.41, 5.74) is 1.55. The van der Waals surface area contributed by atoms with Crippen molar-refractivity contribution in [3.8, 4) is 5.75 Å². The van der Waals surface area contributed by atoms with E-state index in [-0.39, 0.29) is 12.0 Å². The predicted molar refractivity (Wildman–Crippen MR) is 55.4 cm³/mol. The normalized spacial score (nSPS) is 11.5. The zero-order valence-corrected chi connectivity index (χ0v) is 9.16. The minimum absolute atomic E-state index is 0.00378. The molecule has 1 heterocycles. The van der Waals surface area contributed by atoms with E-state index in [1.165, 1.54) is 0 Å². The Bertz CT molecular complexity index is 316. The van der Waals surface area contributed by atoms with E-state index in [0.29, 0.717) is 11.4 Å². The molecule has 0 radical (unpaired) electrons. The van der Waals surface area contributed by atoms with Crippen LogP contribution in [0.15, 0.2) is 12.1 Å². The number of aromatic nitrogens is 1. The minimum Gasteiger partial charge on any atom is -0.495 e. The van der Waals surface area contributed by atoms with E-state index >= 15 is 0 Å². The van der Waals surface area contributed by atoms with Gasteiger partial charge in [0.2, 0.25) is 0 Å². The number of rotatable bonds is 2. The van der Waals surface area contributed by atoms with Crippen LogP contribution in [0, 0.1) is 0 Å². The number of hydrogen-bond donors (Lipinski definition) is 1. The van der Waals surface area contributed by atoms with Crippen molar-refractivity contribution in [3.63, 3.8) is 0 Å². The van der Waals surface area contributed by atoms with Crippen LogP contribution in [0.3, 0.4) is 0 Å². The zero-order valence-electron chi connectivity index (χ0n) is 9.16. The first-order valence-electron chi connectivity index (χ1n) is 4.64. The molecular formula is C11H17NO2. The highest BCUT2D eigenvalue weighted by atomic mass is 16.5. The number of ether oxygens (including phenoxy) is 1. The number of aliphatic hydroxyl groups excluding tert-OH is 1. The summed E-state index contributed by atoms with van der Waals surface area (Å²) in [4.78, 5) is 4.36. The Labute approximate surface area is 84.7 Å². The van der Waals surface area contributed by atoms with E-state index in [1.54, 1.807) is 7.11 Å². The quantitative estimate of drug-likeness (QED) is 0.783. The standard InChI is InChI=1S/C11H17NO2/c1-11(2,3)10-6-5-9(14-4)8(7-13)12-10/h5-6,13H,7H2,1-4H3. The fourth-order valence-corrected chi connectivity index (χ4v) is 1.21. The molecule has 1 aromatic rings. The molecule has 0 spiro atoms. The van der Waals surface area contributed by atoms with Gasteiger partial charge in [0, 0.05) is 11.1 Å². The van der Waals surface area contributed by atoms with Crippen molar-refractivity contribution in [1.82, 2.24) is 4.98 Å². The summed E-state index contributed by atoms with van der Waals surface area (Å²) in [6.45, 7) is 6.17. The smallest absolute Gasteiger partial charge is 0.142 e. The second-order valence-electron chi connectivity index (χ2n) is 4.25. The summed E-state index contributed by atoms with van der Waals surface area (Å²) in [5.74, 6) is 0.639. The Morgan fingerprint density at radius 2 is 2.00 bits per heavy atom. The number of hydrogen-bond acceptors (Lipinski definition) is 3. The van der Waals surface area contributed by atoms with Gasteiger partial charge in [-0.3, -0.25) is 4.98 Å². The van der Waals surface area contributed by atoms with Crippen LogP contribution >= 0.6 is 0 Å². The van der Waals surface area contributed by atoms with Crippen LogP contribution in [0.2, 0.25) is 0 Å². The monoisotopic (exact) mass is 195 g/mol. The van der Waals surface area contributed by atoms with Crippen LogP contribution in [-0.2, 0) is 12.0 Å². The largest absolute Gasteiger partial charge is 0.495 e. The van der Waals surface area contributed by atoms with Crippen molar-refractivity contribution in [2.45, 2.75) is 32.8 Å². The summed E-state index contributed by atoms with van der Waals surface area (Å²) in [6.07, 6.45) is 0. The summed E-state index contributed by atoms with van der Waals surface area (Å²) >= 11 is 0. The third-order valence-corrected chi connectivity index (χ3v) is 2.07. The number of methoxy groups -OCH3 is 1.